The molecule has 0 radical (unpaired) electrons. The van der Waals surface area contributed by atoms with Gasteiger partial charge in [-0.05, 0) is 36.4 Å². The molecule has 13 heteroatoms. The largest absolute Gasteiger partial charge is 0.470 e. The summed E-state index contributed by atoms with van der Waals surface area (Å²) in [5.41, 5.74) is 0.306. The van der Waals surface area contributed by atoms with Crippen LogP contribution in [0.5, 0.6) is 0 Å². The molecule has 4 rings (SSSR count). The Morgan fingerprint density at radius 1 is 0.675 bits per heavy atom. The van der Waals surface area contributed by atoms with Crippen LogP contribution >= 0.6 is 7.82 Å². The minimum atomic E-state index is -5.30. The van der Waals surface area contributed by atoms with Crippen LogP contribution in [-0.2, 0) is 28.0 Å². The Balaban J connectivity index is 1.64. The molecule has 3 N–H and O–H groups in total. The quantitative estimate of drug-likeness (QED) is 0.194. The Morgan fingerprint density at radius 2 is 1.10 bits per heavy atom. The van der Waals surface area contributed by atoms with E-state index in [1.165, 1.54) is 36.4 Å². The van der Waals surface area contributed by atoms with E-state index in [0.29, 0.717) is 0 Å². The molecule has 1 fully saturated rings. The van der Waals surface area contributed by atoms with Gasteiger partial charge in [0, 0.05) is 0 Å². The standard InChI is InChI=1S/C27H25O12P/c28-24(17-10-4-1-5-11-17)35-16-20-21(39-40(32,33)34)22(37-25(29)18-12-6-2-7-13-18)23(27(31)36-20)38-26(30)19-14-8-3-9-15-19/h1-15,20-23,27,31H,16H2,(H2,32,33,34)/t20-,21+,22+,23-,27-/m1/s1. The molecule has 3 aromatic rings. The highest BCUT2D eigenvalue weighted by Gasteiger charge is 2.53. The molecule has 0 saturated carbocycles. The van der Waals surface area contributed by atoms with Gasteiger partial charge < -0.3 is 33.8 Å². The maximum absolute atomic E-state index is 13.0. The van der Waals surface area contributed by atoms with E-state index in [1.807, 2.05) is 0 Å². The molecule has 1 saturated heterocycles. The van der Waals surface area contributed by atoms with Crippen LogP contribution in [0, 0.1) is 0 Å². The summed E-state index contributed by atoms with van der Waals surface area (Å²) in [6.07, 6.45) is -8.99. The highest BCUT2D eigenvalue weighted by molar-refractivity contribution is 7.46. The second-order valence-corrected chi connectivity index (χ2v) is 9.75. The maximum atomic E-state index is 13.0. The van der Waals surface area contributed by atoms with Crippen LogP contribution in [0.2, 0.25) is 0 Å². The average Bonchev–Trinajstić information content (AvgIpc) is 2.95. The van der Waals surface area contributed by atoms with Crippen molar-refractivity contribution in [2.45, 2.75) is 30.7 Å². The molecule has 3 aromatic carbocycles. The minimum absolute atomic E-state index is 0.0543. The molecule has 0 amide bonds. The number of phosphoric ester groups is 1. The summed E-state index contributed by atoms with van der Waals surface area (Å²) in [6, 6.07) is 23.1. The molecule has 0 aliphatic carbocycles. The van der Waals surface area contributed by atoms with Gasteiger partial charge in [-0.3, -0.25) is 4.52 Å². The topological polar surface area (TPSA) is 175 Å². The smallest absolute Gasteiger partial charge is 0.459 e. The van der Waals surface area contributed by atoms with Crippen LogP contribution in [0.1, 0.15) is 31.1 Å². The van der Waals surface area contributed by atoms with Gasteiger partial charge in [-0.25, -0.2) is 18.9 Å². The number of benzene rings is 3. The third kappa shape index (κ3) is 7.60. The molecule has 1 aliphatic rings. The number of hydrogen-bond acceptors (Lipinski definition) is 10. The number of ether oxygens (including phenoxy) is 4. The first-order valence-corrected chi connectivity index (χ1v) is 13.5. The Kier molecular flexibility index (Phi) is 9.43. The van der Waals surface area contributed by atoms with E-state index in [0.717, 1.165) is 0 Å². The lowest BCUT2D eigenvalue weighted by Gasteiger charge is -2.43. The van der Waals surface area contributed by atoms with Crippen molar-refractivity contribution < 1.29 is 57.3 Å². The molecule has 210 valence electrons. The number of phosphoric acid groups is 1. The molecular formula is C27H25O12P. The SMILES string of the molecule is O=C(OC[C@H]1O[C@@H](O)[C@H](OC(=O)c2ccccc2)[C@@H](OC(=O)c2ccccc2)[C@H]1OP(=O)(O)O)c1ccccc1. The van der Waals surface area contributed by atoms with Crippen molar-refractivity contribution in [1.82, 2.24) is 0 Å². The lowest BCUT2D eigenvalue weighted by Crippen LogP contribution is -2.62. The van der Waals surface area contributed by atoms with Gasteiger partial charge in [-0.15, -0.1) is 0 Å². The Bertz CT molecular complexity index is 1350. The van der Waals surface area contributed by atoms with Crippen molar-refractivity contribution in [3.63, 3.8) is 0 Å². The third-order valence-electron chi connectivity index (χ3n) is 5.76. The van der Waals surface area contributed by atoms with Crippen LogP contribution in [0.15, 0.2) is 91.0 Å². The van der Waals surface area contributed by atoms with Crippen molar-refractivity contribution in [3.05, 3.63) is 108 Å². The van der Waals surface area contributed by atoms with Crippen LogP contribution in [0.25, 0.3) is 0 Å². The molecule has 5 atom stereocenters. The molecule has 1 heterocycles. The third-order valence-corrected chi connectivity index (χ3v) is 6.28. The van der Waals surface area contributed by atoms with Crippen LogP contribution in [0.4, 0.5) is 0 Å². The number of aliphatic hydroxyl groups excluding tert-OH is 1. The van der Waals surface area contributed by atoms with E-state index in [2.05, 4.69) is 0 Å². The summed E-state index contributed by atoms with van der Waals surface area (Å²) in [6.45, 7) is -0.672. The molecule has 0 unspecified atom stereocenters. The minimum Gasteiger partial charge on any atom is -0.459 e. The zero-order chi connectivity index (χ0) is 28.7. The predicted molar refractivity (Wildman–Crippen MR) is 136 cm³/mol. The van der Waals surface area contributed by atoms with Crippen molar-refractivity contribution in [3.8, 4) is 0 Å². The van der Waals surface area contributed by atoms with E-state index in [1.54, 1.807) is 54.6 Å². The lowest BCUT2D eigenvalue weighted by molar-refractivity contribution is -0.282. The fourth-order valence-electron chi connectivity index (χ4n) is 3.92. The van der Waals surface area contributed by atoms with E-state index in [9.17, 15) is 33.8 Å². The lowest BCUT2D eigenvalue weighted by atomic mass is 9.98. The first kappa shape index (κ1) is 29.1. The summed E-state index contributed by atoms with van der Waals surface area (Å²) in [4.78, 5) is 57.5. The number of carbonyl (C=O) groups is 3. The van der Waals surface area contributed by atoms with E-state index in [-0.39, 0.29) is 16.7 Å². The van der Waals surface area contributed by atoms with Crippen LogP contribution < -0.4 is 0 Å². The fraction of sp³-hybridized carbons (Fsp3) is 0.222. The van der Waals surface area contributed by atoms with Gasteiger partial charge in [0.25, 0.3) is 0 Å². The second kappa shape index (κ2) is 13.0. The normalized spacial score (nSPS) is 22.6. The molecule has 1 aliphatic heterocycles. The number of esters is 3. The van der Waals surface area contributed by atoms with E-state index >= 15 is 0 Å². The molecule has 0 spiro atoms. The molecule has 0 aromatic heterocycles. The monoisotopic (exact) mass is 572 g/mol. The summed E-state index contributed by atoms with van der Waals surface area (Å²) >= 11 is 0. The summed E-state index contributed by atoms with van der Waals surface area (Å²) < 4.78 is 38.4. The summed E-state index contributed by atoms with van der Waals surface area (Å²) in [7, 11) is -5.30. The van der Waals surface area contributed by atoms with Crippen molar-refractivity contribution >= 4 is 25.7 Å². The van der Waals surface area contributed by atoms with Gasteiger partial charge in [-0.2, -0.15) is 0 Å². The highest BCUT2D eigenvalue weighted by atomic mass is 31.2. The zero-order valence-electron chi connectivity index (χ0n) is 20.7. The molecule has 40 heavy (non-hydrogen) atoms. The number of rotatable bonds is 9. The highest BCUT2D eigenvalue weighted by Crippen LogP contribution is 2.42. The van der Waals surface area contributed by atoms with Gasteiger partial charge >= 0.3 is 25.7 Å². The van der Waals surface area contributed by atoms with Gasteiger partial charge in [0.2, 0.25) is 0 Å². The molecule has 0 bridgehead atoms. The first-order chi connectivity index (χ1) is 19.1. The van der Waals surface area contributed by atoms with E-state index in [4.69, 9.17) is 23.5 Å². The Morgan fingerprint density at radius 3 is 1.55 bits per heavy atom. The maximum Gasteiger partial charge on any atom is 0.470 e. The second-order valence-electron chi connectivity index (χ2n) is 8.56. The summed E-state index contributed by atoms with van der Waals surface area (Å²) in [5.74, 6) is -2.72. The van der Waals surface area contributed by atoms with Crippen molar-refractivity contribution in [1.29, 1.82) is 0 Å². The zero-order valence-corrected chi connectivity index (χ0v) is 21.6. The Hall–Kier alpha value is -3.90. The fourth-order valence-corrected chi connectivity index (χ4v) is 4.49. The number of aliphatic hydroxyl groups is 1. The number of hydrogen-bond donors (Lipinski definition) is 3. The predicted octanol–water partition coefficient (Wildman–Crippen LogP) is 2.49. The molecule has 12 nitrogen and oxygen atoms in total. The van der Waals surface area contributed by atoms with Crippen LogP contribution in [0.3, 0.4) is 0 Å². The summed E-state index contributed by atoms with van der Waals surface area (Å²) in [5, 5.41) is 10.8. The Labute approximate surface area is 228 Å². The number of carbonyl (C=O) groups excluding carboxylic acids is 3. The van der Waals surface area contributed by atoms with Gasteiger partial charge in [0.05, 0.1) is 16.7 Å². The van der Waals surface area contributed by atoms with Crippen LogP contribution in [-0.4, -0.2) is 70.1 Å². The van der Waals surface area contributed by atoms with Gasteiger partial charge in [0.1, 0.15) is 18.8 Å². The van der Waals surface area contributed by atoms with Crippen molar-refractivity contribution in [2.24, 2.45) is 0 Å². The van der Waals surface area contributed by atoms with Gasteiger partial charge in [-0.1, -0.05) is 54.6 Å². The molecular weight excluding hydrogens is 547 g/mol. The first-order valence-electron chi connectivity index (χ1n) is 11.9. The van der Waals surface area contributed by atoms with Crippen molar-refractivity contribution in [2.75, 3.05) is 6.61 Å². The van der Waals surface area contributed by atoms with E-state index < -0.39 is 63.0 Å². The van der Waals surface area contributed by atoms with Gasteiger partial charge in [0.15, 0.2) is 18.5 Å². The average molecular weight is 572 g/mol.